The van der Waals surface area contributed by atoms with Gasteiger partial charge in [-0.2, -0.15) is 0 Å². The monoisotopic (exact) mass is 207 g/mol. The smallest absolute Gasteiger partial charge is 0.234 e. The Morgan fingerprint density at radius 3 is 2.27 bits per heavy atom. The fourth-order valence-corrected chi connectivity index (χ4v) is 3.48. The van der Waals surface area contributed by atoms with Gasteiger partial charge in [0.25, 0.3) is 0 Å². The van der Waals surface area contributed by atoms with Crippen LogP contribution in [0.3, 0.4) is 0 Å². The van der Waals surface area contributed by atoms with Crippen LogP contribution in [0, 0.1) is 11.3 Å². The first-order chi connectivity index (χ1) is 7.12. The van der Waals surface area contributed by atoms with Crippen LogP contribution in [-0.4, -0.2) is 17.2 Å². The second-order valence-electron chi connectivity index (χ2n) is 5.50. The molecule has 3 rings (SSSR count). The predicted molar refractivity (Wildman–Crippen MR) is 55.2 cm³/mol. The molecule has 15 heavy (non-hydrogen) atoms. The standard InChI is InChI=1S/C12H17NO2/c1-8-7-12(8)9(14)11(13-10(12)15)5-3-2-4-6-11/h8H,2-7H2,1H3,(H,13,15). The number of nitrogens with one attached hydrogen (secondary N) is 1. The Bertz CT molecular complexity index is 344. The maximum Gasteiger partial charge on any atom is 0.234 e. The van der Waals surface area contributed by atoms with E-state index in [1.54, 1.807) is 0 Å². The van der Waals surface area contributed by atoms with Crippen LogP contribution in [0.5, 0.6) is 0 Å². The third-order valence-electron chi connectivity index (χ3n) is 4.61. The van der Waals surface area contributed by atoms with Crippen molar-refractivity contribution in [1.82, 2.24) is 5.32 Å². The van der Waals surface area contributed by atoms with Crippen molar-refractivity contribution in [2.75, 3.05) is 0 Å². The number of ketones is 1. The summed E-state index contributed by atoms with van der Waals surface area (Å²) in [4.78, 5) is 24.3. The molecule has 0 bridgehead atoms. The summed E-state index contributed by atoms with van der Waals surface area (Å²) < 4.78 is 0. The number of hydrogen-bond donors (Lipinski definition) is 1. The molecule has 1 aliphatic heterocycles. The molecule has 0 aromatic carbocycles. The minimum atomic E-state index is -0.600. The molecule has 3 nitrogen and oxygen atoms in total. The van der Waals surface area contributed by atoms with Gasteiger partial charge in [0.05, 0.1) is 5.54 Å². The van der Waals surface area contributed by atoms with Gasteiger partial charge in [-0.3, -0.25) is 9.59 Å². The summed E-state index contributed by atoms with van der Waals surface area (Å²) in [5.74, 6) is 0.500. The highest BCUT2D eigenvalue weighted by Gasteiger charge is 2.72. The van der Waals surface area contributed by atoms with Crippen LogP contribution >= 0.6 is 0 Å². The van der Waals surface area contributed by atoms with Crippen LogP contribution in [0.2, 0.25) is 0 Å². The minimum absolute atomic E-state index is 0.0156. The van der Waals surface area contributed by atoms with E-state index in [1.807, 2.05) is 6.92 Å². The van der Waals surface area contributed by atoms with Crippen LogP contribution in [0.1, 0.15) is 45.4 Å². The SMILES string of the molecule is CC1CC12C(=O)NC1(CCCCC1)C2=O. The molecule has 2 atom stereocenters. The van der Waals surface area contributed by atoms with E-state index in [2.05, 4.69) is 5.32 Å². The molecule has 0 aromatic heterocycles. The summed E-state index contributed by atoms with van der Waals surface area (Å²) in [6.45, 7) is 2.01. The number of amides is 1. The van der Waals surface area contributed by atoms with Crippen molar-refractivity contribution >= 4 is 11.7 Å². The molecule has 3 fully saturated rings. The van der Waals surface area contributed by atoms with Gasteiger partial charge in [-0.25, -0.2) is 0 Å². The van der Waals surface area contributed by atoms with Gasteiger partial charge in [0, 0.05) is 0 Å². The number of Topliss-reactive ketones (excluding diaryl/α,β-unsaturated/α-hetero) is 1. The number of rotatable bonds is 0. The molecule has 1 heterocycles. The van der Waals surface area contributed by atoms with Crippen molar-refractivity contribution in [2.24, 2.45) is 11.3 Å². The zero-order valence-electron chi connectivity index (χ0n) is 9.14. The normalized spacial score (nSPS) is 42.3. The third kappa shape index (κ3) is 0.963. The van der Waals surface area contributed by atoms with E-state index in [0.29, 0.717) is 0 Å². The molecule has 2 saturated carbocycles. The third-order valence-corrected chi connectivity index (χ3v) is 4.61. The van der Waals surface area contributed by atoms with Gasteiger partial charge in [0.1, 0.15) is 5.41 Å². The number of carbonyl (C=O) groups excluding carboxylic acids is 2. The fraction of sp³-hybridized carbons (Fsp3) is 0.833. The van der Waals surface area contributed by atoms with E-state index >= 15 is 0 Å². The first-order valence-electron chi connectivity index (χ1n) is 5.99. The first-order valence-corrected chi connectivity index (χ1v) is 5.99. The molecule has 1 amide bonds. The topological polar surface area (TPSA) is 46.2 Å². The summed E-state index contributed by atoms with van der Waals surface area (Å²) in [5, 5.41) is 3.01. The maximum absolute atomic E-state index is 12.4. The molecule has 2 spiro atoms. The predicted octanol–water partition coefficient (Wildman–Crippen LogP) is 1.41. The van der Waals surface area contributed by atoms with E-state index in [4.69, 9.17) is 0 Å². The molecule has 0 radical (unpaired) electrons. The molecule has 1 saturated heterocycles. The van der Waals surface area contributed by atoms with Crippen molar-refractivity contribution < 1.29 is 9.59 Å². The average molecular weight is 207 g/mol. The lowest BCUT2D eigenvalue weighted by atomic mass is 9.77. The highest BCUT2D eigenvalue weighted by atomic mass is 16.2. The van der Waals surface area contributed by atoms with Crippen molar-refractivity contribution in [3.63, 3.8) is 0 Å². The van der Waals surface area contributed by atoms with Gasteiger partial charge in [0.15, 0.2) is 5.78 Å². The van der Waals surface area contributed by atoms with Gasteiger partial charge >= 0.3 is 0 Å². The molecule has 3 aliphatic rings. The van der Waals surface area contributed by atoms with E-state index in [0.717, 1.165) is 32.1 Å². The maximum atomic E-state index is 12.4. The summed E-state index contributed by atoms with van der Waals surface area (Å²) in [6.07, 6.45) is 5.87. The van der Waals surface area contributed by atoms with Crippen molar-refractivity contribution in [1.29, 1.82) is 0 Å². The van der Waals surface area contributed by atoms with Gasteiger partial charge in [-0.1, -0.05) is 26.2 Å². The molecule has 82 valence electrons. The highest BCUT2D eigenvalue weighted by Crippen LogP contribution is 2.59. The molecule has 3 heteroatoms. The lowest BCUT2D eigenvalue weighted by molar-refractivity contribution is -0.131. The summed E-state index contributed by atoms with van der Waals surface area (Å²) in [7, 11) is 0. The molecule has 0 aromatic rings. The molecule has 2 aliphatic carbocycles. The second kappa shape index (κ2) is 2.63. The second-order valence-corrected chi connectivity index (χ2v) is 5.50. The van der Waals surface area contributed by atoms with Crippen molar-refractivity contribution in [2.45, 2.75) is 51.0 Å². The Balaban J connectivity index is 1.95. The molecular weight excluding hydrogens is 190 g/mol. The van der Waals surface area contributed by atoms with Crippen molar-refractivity contribution in [3.8, 4) is 0 Å². The van der Waals surface area contributed by atoms with Crippen LogP contribution in [0.25, 0.3) is 0 Å². The summed E-state index contributed by atoms with van der Waals surface area (Å²) in [6, 6.07) is 0. The largest absolute Gasteiger partial charge is 0.343 e. The average Bonchev–Trinajstić information content (AvgIpc) is 2.87. The molecule has 1 N–H and O–H groups in total. The van der Waals surface area contributed by atoms with Crippen LogP contribution in [0.4, 0.5) is 0 Å². The molecular formula is C12H17NO2. The van der Waals surface area contributed by atoms with Gasteiger partial charge < -0.3 is 5.32 Å². The van der Waals surface area contributed by atoms with E-state index in [-0.39, 0.29) is 17.6 Å². The lowest BCUT2D eigenvalue weighted by Gasteiger charge is -2.31. The zero-order chi connectivity index (χ0) is 10.7. The van der Waals surface area contributed by atoms with E-state index in [1.165, 1.54) is 6.42 Å². The molecule has 2 unspecified atom stereocenters. The Kier molecular flexibility index (Phi) is 1.64. The Morgan fingerprint density at radius 1 is 1.20 bits per heavy atom. The van der Waals surface area contributed by atoms with Gasteiger partial charge in [0.2, 0.25) is 5.91 Å². The highest BCUT2D eigenvalue weighted by molar-refractivity contribution is 6.19. The Morgan fingerprint density at radius 2 is 1.80 bits per heavy atom. The Labute approximate surface area is 89.6 Å². The number of hydrogen-bond acceptors (Lipinski definition) is 2. The van der Waals surface area contributed by atoms with Crippen molar-refractivity contribution in [3.05, 3.63) is 0 Å². The fourth-order valence-electron chi connectivity index (χ4n) is 3.48. The van der Waals surface area contributed by atoms with Crippen LogP contribution in [0.15, 0.2) is 0 Å². The summed E-state index contributed by atoms with van der Waals surface area (Å²) in [5.41, 5.74) is -1.06. The first kappa shape index (κ1) is 9.37. The zero-order valence-corrected chi connectivity index (χ0v) is 9.14. The van der Waals surface area contributed by atoms with E-state index < -0.39 is 11.0 Å². The Hall–Kier alpha value is -0.860. The lowest BCUT2D eigenvalue weighted by Crippen LogP contribution is -2.48. The minimum Gasteiger partial charge on any atom is -0.343 e. The van der Waals surface area contributed by atoms with Gasteiger partial charge in [-0.05, 0) is 25.2 Å². The van der Waals surface area contributed by atoms with E-state index in [9.17, 15) is 9.59 Å². The summed E-state index contributed by atoms with van der Waals surface area (Å²) >= 11 is 0. The van der Waals surface area contributed by atoms with Gasteiger partial charge in [-0.15, -0.1) is 0 Å². The number of carbonyl (C=O) groups is 2. The van der Waals surface area contributed by atoms with Crippen LogP contribution in [-0.2, 0) is 9.59 Å². The quantitative estimate of drug-likeness (QED) is 0.610. The van der Waals surface area contributed by atoms with Crippen LogP contribution < -0.4 is 5.32 Å².